The maximum absolute atomic E-state index is 6.12. The summed E-state index contributed by atoms with van der Waals surface area (Å²) >= 11 is 0. The second kappa shape index (κ2) is 8.50. The molecule has 1 unspecified atom stereocenters. The first kappa shape index (κ1) is 19.5. The maximum Gasteiger partial charge on any atom is 0.193 e. The molecule has 0 spiro atoms. The molecule has 0 aromatic carbocycles. The number of likely N-dealkylation sites (N-methyl/N-ethyl adjacent to an activating group) is 2. The summed E-state index contributed by atoms with van der Waals surface area (Å²) in [6.07, 6.45) is 2.52. The van der Waals surface area contributed by atoms with Gasteiger partial charge in [-0.25, -0.2) is 0 Å². The highest BCUT2D eigenvalue weighted by Crippen LogP contribution is 2.20. The van der Waals surface area contributed by atoms with Gasteiger partial charge in [0.1, 0.15) is 0 Å². The lowest BCUT2D eigenvalue weighted by atomic mass is 10.1. The standard InChI is InChI=1S/C18H37N5O/c1-18(2,3)24-16-7-9-23(10-8-16)17(19-4)20-13-15-14-21(5)11-12-22(15)6/h15-16H,7-14H2,1-6H3,(H,19,20). The molecule has 0 amide bonds. The Balaban J connectivity index is 1.78. The Morgan fingerprint density at radius 1 is 1.12 bits per heavy atom. The Morgan fingerprint density at radius 2 is 1.79 bits per heavy atom. The van der Waals surface area contributed by atoms with Gasteiger partial charge >= 0.3 is 0 Å². The Morgan fingerprint density at radius 3 is 2.38 bits per heavy atom. The van der Waals surface area contributed by atoms with E-state index < -0.39 is 0 Å². The molecule has 0 saturated carbocycles. The summed E-state index contributed by atoms with van der Waals surface area (Å²) in [7, 11) is 6.31. The van der Waals surface area contributed by atoms with Crippen LogP contribution in [-0.4, -0.2) is 98.8 Å². The zero-order valence-corrected chi connectivity index (χ0v) is 16.5. The summed E-state index contributed by atoms with van der Waals surface area (Å²) in [6, 6.07) is 0.544. The Bertz CT molecular complexity index is 412. The SMILES string of the molecule is CN=C(NCC1CN(C)CCN1C)N1CCC(OC(C)(C)C)CC1. The number of guanidine groups is 1. The van der Waals surface area contributed by atoms with Gasteiger partial charge in [-0.2, -0.15) is 0 Å². The topological polar surface area (TPSA) is 43.3 Å². The number of aliphatic imine (C=N–C) groups is 1. The van der Waals surface area contributed by atoms with Gasteiger partial charge < -0.3 is 19.9 Å². The Labute approximate surface area is 148 Å². The summed E-state index contributed by atoms with van der Waals surface area (Å²) in [4.78, 5) is 11.7. The highest BCUT2D eigenvalue weighted by atomic mass is 16.5. The number of likely N-dealkylation sites (tertiary alicyclic amines) is 1. The van der Waals surface area contributed by atoms with E-state index in [1.807, 2.05) is 7.05 Å². The van der Waals surface area contributed by atoms with Crippen molar-refractivity contribution in [1.82, 2.24) is 20.0 Å². The molecule has 2 rings (SSSR count). The van der Waals surface area contributed by atoms with Crippen LogP contribution >= 0.6 is 0 Å². The molecule has 6 nitrogen and oxygen atoms in total. The van der Waals surface area contributed by atoms with Crippen LogP contribution in [0.15, 0.2) is 4.99 Å². The van der Waals surface area contributed by atoms with Crippen LogP contribution in [0.3, 0.4) is 0 Å². The Kier molecular flexibility index (Phi) is 6.89. The Hall–Kier alpha value is -0.850. The lowest BCUT2D eigenvalue weighted by molar-refractivity contribution is -0.0773. The van der Waals surface area contributed by atoms with Crippen LogP contribution in [0.1, 0.15) is 33.6 Å². The van der Waals surface area contributed by atoms with Gasteiger partial charge in [0.05, 0.1) is 11.7 Å². The molecule has 1 atom stereocenters. The molecule has 0 aromatic rings. The highest BCUT2D eigenvalue weighted by molar-refractivity contribution is 5.80. The van der Waals surface area contributed by atoms with Crippen molar-refractivity contribution in [2.75, 3.05) is 60.4 Å². The fraction of sp³-hybridized carbons (Fsp3) is 0.944. The molecule has 0 bridgehead atoms. The smallest absolute Gasteiger partial charge is 0.193 e. The summed E-state index contributed by atoms with van der Waals surface area (Å²) in [5, 5.41) is 3.59. The van der Waals surface area contributed by atoms with E-state index in [1.165, 1.54) is 0 Å². The minimum absolute atomic E-state index is 0.0512. The van der Waals surface area contributed by atoms with Crippen LogP contribution in [0.4, 0.5) is 0 Å². The minimum Gasteiger partial charge on any atom is -0.372 e. The zero-order valence-electron chi connectivity index (χ0n) is 16.5. The number of piperazine rings is 1. The number of ether oxygens (including phenoxy) is 1. The van der Waals surface area contributed by atoms with Crippen LogP contribution in [0, 0.1) is 0 Å². The predicted molar refractivity (Wildman–Crippen MR) is 101 cm³/mol. The fourth-order valence-electron chi connectivity index (χ4n) is 3.55. The van der Waals surface area contributed by atoms with Crippen LogP contribution < -0.4 is 5.32 Å². The third kappa shape index (κ3) is 5.90. The highest BCUT2D eigenvalue weighted by Gasteiger charge is 2.27. The number of hydrogen-bond acceptors (Lipinski definition) is 4. The van der Waals surface area contributed by atoms with E-state index in [1.54, 1.807) is 0 Å². The van der Waals surface area contributed by atoms with E-state index in [4.69, 9.17) is 4.74 Å². The molecule has 6 heteroatoms. The molecule has 1 N–H and O–H groups in total. The van der Waals surface area contributed by atoms with Gasteiger partial charge in [0.25, 0.3) is 0 Å². The lowest BCUT2D eigenvalue weighted by Crippen LogP contribution is -2.56. The van der Waals surface area contributed by atoms with E-state index in [-0.39, 0.29) is 5.60 Å². The molecule has 2 aliphatic heterocycles. The second-order valence-electron chi connectivity index (χ2n) is 8.24. The van der Waals surface area contributed by atoms with E-state index in [2.05, 4.69) is 59.9 Å². The largest absolute Gasteiger partial charge is 0.372 e. The summed E-state index contributed by atoms with van der Waals surface area (Å²) in [6.45, 7) is 12.8. The molecule has 2 heterocycles. The molecule has 0 aliphatic carbocycles. The van der Waals surface area contributed by atoms with Crippen molar-refractivity contribution in [2.45, 2.75) is 51.4 Å². The number of rotatable bonds is 3. The quantitative estimate of drug-likeness (QED) is 0.616. The van der Waals surface area contributed by atoms with Gasteiger partial charge in [-0.05, 0) is 47.7 Å². The first-order valence-corrected chi connectivity index (χ1v) is 9.30. The summed E-state index contributed by atoms with van der Waals surface area (Å²) in [5.74, 6) is 1.03. The monoisotopic (exact) mass is 339 g/mol. The molecular weight excluding hydrogens is 302 g/mol. The number of nitrogens with one attached hydrogen (secondary N) is 1. The molecule has 0 aromatic heterocycles. The predicted octanol–water partition coefficient (Wildman–Crippen LogP) is 1.09. The van der Waals surface area contributed by atoms with Gasteiger partial charge in [0.2, 0.25) is 0 Å². The number of nitrogens with zero attached hydrogens (tertiary/aromatic N) is 4. The maximum atomic E-state index is 6.12. The average molecular weight is 340 g/mol. The molecular formula is C18H37N5O. The summed E-state index contributed by atoms with van der Waals surface area (Å²) < 4.78 is 6.12. The van der Waals surface area contributed by atoms with Crippen molar-refractivity contribution >= 4 is 5.96 Å². The third-order valence-electron chi connectivity index (χ3n) is 4.95. The van der Waals surface area contributed by atoms with Crippen molar-refractivity contribution in [2.24, 2.45) is 4.99 Å². The zero-order chi connectivity index (χ0) is 17.7. The average Bonchev–Trinajstić information content (AvgIpc) is 2.51. The van der Waals surface area contributed by atoms with Crippen molar-refractivity contribution in [1.29, 1.82) is 0 Å². The lowest BCUT2D eigenvalue weighted by Gasteiger charge is -2.40. The van der Waals surface area contributed by atoms with Crippen LogP contribution in [0.5, 0.6) is 0 Å². The van der Waals surface area contributed by atoms with Gasteiger partial charge in [0.15, 0.2) is 5.96 Å². The van der Waals surface area contributed by atoms with E-state index >= 15 is 0 Å². The summed E-state index contributed by atoms with van der Waals surface area (Å²) in [5.41, 5.74) is -0.0512. The fourth-order valence-corrected chi connectivity index (χ4v) is 3.55. The van der Waals surface area contributed by atoms with E-state index in [9.17, 15) is 0 Å². The van der Waals surface area contributed by atoms with Crippen molar-refractivity contribution < 1.29 is 4.74 Å². The van der Waals surface area contributed by atoms with Gasteiger partial charge in [0, 0.05) is 52.4 Å². The first-order chi connectivity index (χ1) is 11.3. The van der Waals surface area contributed by atoms with E-state index in [0.29, 0.717) is 12.1 Å². The minimum atomic E-state index is -0.0512. The molecule has 140 valence electrons. The molecule has 2 fully saturated rings. The number of hydrogen-bond donors (Lipinski definition) is 1. The second-order valence-corrected chi connectivity index (χ2v) is 8.24. The van der Waals surface area contributed by atoms with Crippen molar-refractivity contribution in [3.05, 3.63) is 0 Å². The van der Waals surface area contributed by atoms with Crippen LogP contribution in [0.2, 0.25) is 0 Å². The molecule has 2 aliphatic rings. The van der Waals surface area contributed by atoms with E-state index in [0.717, 1.165) is 58.1 Å². The van der Waals surface area contributed by atoms with Crippen LogP contribution in [0.25, 0.3) is 0 Å². The van der Waals surface area contributed by atoms with Crippen molar-refractivity contribution in [3.8, 4) is 0 Å². The molecule has 24 heavy (non-hydrogen) atoms. The van der Waals surface area contributed by atoms with Gasteiger partial charge in [-0.1, -0.05) is 0 Å². The van der Waals surface area contributed by atoms with Crippen LogP contribution in [-0.2, 0) is 4.74 Å². The van der Waals surface area contributed by atoms with Gasteiger partial charge in [-0.3, -0.25) is 9.89 Å². The van der Waals surface area contributed by atoms with Crippen molar-refractivity contribution in [3.63, 3.8) is 0 Å². The first-order valence-electron chi connectivity index (χ1n) is 9.30. The molecule has 2 saturated heterocycles. The van der Waals surface area contributed by atoms with Gasteiger partial charge in [-0.15, -0.1) is 0 Å². The number of piperidine rings is 1. The third-order valence-corrected chi connectivity index (χ3v) is 4.95. The normalized spacial score (nSPS) is 26.0. The molecule has 0 radical (unpaired) electrons.